The van der Waals surface area contributed by atoms with Crippen LogP contribution >= 0.6 is 0 Å². The molecule has 1 fully saturated rings. The predicted octanol–water partition coefficient (Wildman–Crippen LogP) is 0.954. The highest BCUT2D eigenvalue weighted by Crippen LogP contribution is 2.13. The minimum atomic E-state index is 0.342. The minimum absolute atomic E-state index is 0.342. The number of aromatic nitrogens is 2. The number of hydrogen-bond acceptors (Lipinski definition) is 4. The van der Waals surface area contributed by atoms with E-state index in [4.69, 9.17) is 0 Å². The molecule has 2 rings (SSSR count). The van der Waals surface area contributed by atoms with Crippen LogP contribution in [0.15, 0.2) is 12.3 Å². The Balaban J connectivity index is 2.12. The van der Waals surface area contributed by atoms with E-state index in [-0.39, 0.29) is 0 Å². The van der Waals surface area contributed by atoms with Gasteiger partial charge in [0.15, 0.2) is 0 Å². The number of ketones is 1. The van der Waals surface area contributed by atoms with Gasteiger partial charge in [0.25, 0.3) is 0 Å². The molecule has 74 valence electrons. The lowest BCUT2D eigenvalue weighted by atomic mass is 10.1. The molecule has 1 aromatic heterocycles. The summed E-state index contributed by atoms with van der Waals surface area (Å²) in [5.41, 5.74) is 0.965. The van der Waals surface area contributed by atoms with Crippen molar-refractivity contribution in [2.45, 2.75) is 19.8 Å². The number of carbonyl (C=O) groups excluding carboxylic acids is 1. The van der Waals surface area contributed by atoms with Crippen molar-refractivity contribution in [3.63, 3.8) is 0 Å². The Morgan fingerprint density at radius 1 is 1.36 bits per heavy atom. The van der Waals surface area contributed by atoms with E-state index in [1.165, 1.54) is 0 Å². The molecule has 2 heterocycles. The SMILES string of the molecule is Cc1ccnc(N2CCC(=O)CC2)n1. The highest BCUT2D eigenvalue weighted by Gasteiger charge is 2.17. The first-order chi connectivity index (χ1) is 6.75. The molecular weight excluding hydrogens is 178 g/mol. The van der Waals surface area contributed by atoms with Crippen LogP contribution < -0.4 is 4.90 Å². The summed E-state index contributed by atoms with van der Waals surface area (Å²) >= 11 is 0. The van der Waals surface area contributed by atoms with Crippen molar-refractivity contribution in [3.8, 4) is 0 Å². The molecule has 1 saturated heterocycles. The molecule has 0 saturated carbocycles. The van der Waals surface area contributed by atoms with E-state index in [1.807, 2.05) is 13.0 Å². The summed E-state index contributed by atoms with van der Waals surface area (Å²) in [7, 11) is 0. The average molecular weight is 191 g/mol. The zero-order valence-corrected chi connectivity index (χ0v) is 8.23. The fourth-order valence-electron chi connectivity index (χ4n) is 1.54. The van der Waals surface area contributed by atoms with Gasteiger partial charge in [-0.2, -0.15) is 0 Å². The van der Waals surface area contributed by atoms with Crippen LogP contribution in [-0.2, 0) is 4.79 Å². The summed E-state index contributed by atoms with van der Waals surface area (Å²) in [5.74, 6) is 1.09. The van der Waals surface area contributed by atoms with Gasteiger partial charge in [-0.1, -0.05) is 0 Å². The number of piperidine rings is 1. The maximum absolute atomic E-state index is 11.0. The first-order valence-corrected chi connectivity index (χ1v) is 4.82. The van der Waals surface area contributed by atoms with Crippen molar-refractivity contribution in [3.05, 3.63) is 18.0 Å². The lowest BCUT2D eigenvalue weighted by molar-refractivity contribution is -0.119. The Morgan fingerprint density at radius 3 is 2.71 bits per heavy atom. The van der Waals surface area contributed by atoms with E-state index in [2.05, 4.69) is 14.9 Å². The second kappa shape index (κ2) is 3.74. The van der Waals surface area contributed by atoms with Crippen LogP contribution in [0, 0.1) is 6.92 Å². The summed E-state index contributed by atoms with van der Waals surface area (Å²) in [6, 6.07) is 1.87. The Bertz CT molecular complexity index is 341. The zero-order valence-electron chi connectivity index (χ0n) is 8.23. The molecular formula is C10H13N3O. The van der Waals surface area contributed by atoms with E-state index in [1.54, 1.807) is 6.20 Å². The van der Waals surface area contributed by atoms with Gasteiger partial charge in [0.2, 0.25) is 5.95 Å². The Kier molecular flexibility index (Phi) is 2.43. The molecule has 0 unspecified atom stereocenters. The van der Waals surface area contributed by atoms with Crippen molar-refractivity contribution in [2.75, 3.05) is 18.0 Å². The van der Waals surface area contributed by atoms with Gasteiger partial charge in [-0.05, 0) is 13.0 Å². The third-order valence-electron chi connectivity index (χ3n) is 2.39. The third kappa shape index (κ3) is 1.89. The summed E-state index contributed by atoms with van der Waals surface area (Å²) in [4.78, 5) is 21.6. The van der Waals surface area contributed by atoms with Crippen LogP contribution in [0.5, 0.6) is 0 Å². The zero-order chi connectivity index (χ0) is 9.97. The van der Waals surface area contributed by atoms with Crippen LogP contribution in [0.25, 0.3) is 0 Å². The summed E-state index contributed by atoms with van der Waals surface area (Å²) in [6.07, 6.45) is 3.00. The molecule has 0 spiro atoms. The maximum Gasteiger partial charge on any atom is 0.225 e. The van der Waals surface area contributed by atoms with Gasteiger partial charge < -0.3 is 4.90 Å². The van der Waals surface area contributed by atoms with Crippen LogP contribution in [0.2, 0.25) is 0 Å². The molecule has 0 aliphatic carbocycles. The number of nitrogens with zero attached hydrogens (tertiary/aromatic N) is 3. The number of carbonyl (C=O) groups is 1. The average Bonchev–Trinajstić information content (AvgIpc) is 2.19. The quantitative estimate of drug-likeness (QED) is 0.663. The third-order valence-corrected chi connectivity index (χ3v) is 2.39. The fourth-order valence-corrected chi connectivity index (χ4v) is 1.54. The number of hydrogen-bond donors (Lipinski definition) is 0. The molecule has 0 atom stereocenters. The van der Waals surface area contributed by atoms with Crippen molar-refractivity contribution < 1.29 is 4.79 Å². The lowest BCUT2D eigenvalue weighted by Gasteiger charge is -2.25. The van der Waals surface area contributed by atoms with Gasteiger partial charge in [-0.25, -0.2) is 9.97 Å². The first-order valence-electron chi connectivity index (χ1n) is 4.82. The van der Waals surface area contributed by atoms with Crippen LogP contribution in [-0.4, -0.2) is 28.8 Å². The molecule has 4 nitrogen and oxygen atoms in total. The molecule has 0 amide bonds. The predicted molar refractivity (Wildman–Crippen MR) is 53.2 cm³/mol. The van der Waals surface area contributed by atoms with Gasteiger partial charge in [0.05, 0.1) is 0 Å². The smallest absolute Gasteiger partial charge is 0.225 e. The topological polar surface area (TPSA) is 46.1 Å². The number of anilines is 1. The van der Waals surface area contributed by atoms with E-state index >= 15 is 0 Å². The largest absolute Gasteiger partial charge is 0.340 e. The second-order valence-corrected chi connectivity index (χ2v) is 3.52. The van der Waals surface area contributed by atoms with E-state index in [0.717, 1.165) is 24.7 Å². The normalized spacial score (nSPS) is 17.2. The van der Waals surface area contributed by atoms with Crippen LogP contribution in [0.3, 0.4) is 0 Å². The molecule has 0 N–H and O–H groups in total. The Labute approximate surface area is 83.0 Å². The van der Waals surface area contributed by atoms with Crippen molar-refractivity contribution in [1.82, 2.24) is 9.97 Å². The van der Waals surface area contributed by atoms with E-state index < -0.39 is 0 Å². The molecule has 1 aliphatic heterocycles. The standard InChI is InChI=1S/C10H13N3O/c1-8-2-5-11-10(12-8)13-6-3-9(14)4-7-13/h2,5H,3-4,6-7H2,1H3. The highest BCUT2D eigenvalue weighted by atomic mass is 16.1. The number of aryl methyl sites for hydroxylation is 1. The van der Waals surface area contributed by atoms with Gasteiger partial charge in [-0.15, -0.1) is 0 Å². The summed E-state index contributed by atoms with van der Waals surface area (Å²) < 4.78 is 0. The lowest BCUT2D eigenvalue weighted by Crippen LogP contribution is -2.34. The number of rotatable bonds is 1. The first kappa shape index (κ1) is 9.12. The Hall–Kier alpha value is -1.45. The van der Waals surface area contributed by atoms with Crippen molar-refractivity contribution >= 4 is 11.7 Å². The van der Waals surface area contributed by atoms with Gasteiger partial charge in [0.1, 0.15) is 5.78 Å². The van der Waals surface area contributed by atoms with Crippen molar-refractivity contribution in [1.29, 1.82) is 0 Å². The molecule has 4 heteroatoms. The van der Waals surface area contributed by atoms with Crippen LogP contribution in [0.1, 0.15) is 18.5 Å². The molecule has 1 aromatic rings. The van der Waals surface area contributed by atoms with Gasteiger partial charge in [0, 0.05) is 37.8 Å². The van der Waals surface area contributed by atoms with E-state index in [0.29, 0.717) is 18.6 Å². The number of Topliss-reactive ketones (excluding diaryl/α,β-unsaturated/α-hetero) is 1. The monoisotopic (exact) mass is 191 g/mol. The maximum atomic E-state index is 11.0. The Morgan fingerprint density at radius 2 is 2.07 bits per heavy atom. The molecule has 0 radical (unpaired) electrons. The summed E-state index contributed by atoms with van der Waals surface area (Å²) in [5, 5.41) is 0. The molecule has 14 heavy (non-hydrogen) atoms. The second-order valence-electron chi connectivity index (χ2n) is 3.52. The molecule has 0 bridgehead atoms. The van der Waals surface area contributed by atoms with Gasteiger partial charge >= 0.3 is 0 Å². The van der Waals surface area contributed by atoms with Crippen LogP contribution in [0.4, 0.5) is 5.95 Å². The van der Waals surface area contributed by atoms with Gasteiger partial charge in [-0.3, -0.25) is 4.79 Å². The van der Waals surface area contributed by atoms with E-state index in [9.17, 15) is 4.79 Å². The minimum Gasteiger partial charge on any atom is -0.340 e. The molecule has 1 aliphatic rings. The summed E-state index contributed by atoms with van der Waals surface area (Å²) in [6.45, 7) is 3.45. The fraction of sp³-hybridized carbons (Fsp3) is 0.500. The molecule has 0 aromatic carbocycles. The highest BCUT2D eigenvalue weighted by molar-refractivity contribution is 5.80. The van der Waals surface area contributed by atoms with Crippen molar-refractivity contribution in [2.24, 2.45) is 0 Å².